The van der Waals surface area contributed by atoms with Crippen molar-refractivity contribution in [1.29, 1.82) is 0 Å². The molecule has 0 unspecified atom stereocenters. The molecule has 0 saturated heterocycles. The van der Waals surface area contributed by atoms with Crippen LogP contribution >= 0.6 is 0 Å². The fraction of sp³-hybridized carbons (Fsp3) is 0.304. The topological polar surface area (TPSA) is 133 Å². The molecule has 2 aromatic carbocycles. The summed E-state index contributed by atoms with van der Waals surface area (Å²) in [4.78, 5) is 49.2. The number of nitrogens with zero attached hydrogens (tertiary/aromatic N) is 1. The number of carbonyl (C=O) groups excluding carboxylic acids is 2. The van der Waals surface area contributed by atoms with Gasteiger partial charge in [-0.2, -0.15) is 0 Å². The van der Waals surface area contributed by atoms with E-state index in [1.165, 1.54) is 4.90 Å². The maximum Gasteiger partial charge on any atom is 0.408 e. The van der Waals surface area contributed by atoms with Crippen molar-refractivity contribution >= 4 is 23.9 Å². The number of hydrogen-bond acceptors (Lipinski definition) is 5. The predicted molar refractivity (Wildman–Crippen MR) is 113 cm³/mol. The number of nitrogens with one attached hydrogen (secondary N) is 1. The molecule has 3 N–H and O–H groups in total. The van der Waals surface area contributed by atoms with E-state index in [9.17, 15) is 29.4 Å². The molecule has 0 bridgehead atoms. The van der Waals surface area contributed by atoms with Crippen molar-refractivity contribution in [1.82, 2.24) is 10.2 Å². The van der Waals surface area contributed by atoms with Crippen molar-refractivity contribution in [2.24, 2.45) is 0 Å². The zero-order chi connectivity index (χ0) is 23.1. The first-order valence-electron chi connectivity index (χ1n) is 10.1. The van der Waals surface area contributed by atoms with E-state index in [1.54, 1.807) is 24.3 Å². The number of fused-ring (bicyclic) bond motifs is 1. The van der Waals surface area contributed by atoms with Gasteiger partial charge in [-0.1, -0.05) is 54.6 Å². The molecule has 1 heterocycles. The Labute approximate surface area is 184 Å². The third-order valence-electron chi connectivity index (χ3n) is 5.30. The van der Waals surface area contributed by atoms with Crippen LogP contribution in [0.2, 0.25) is 0 Å². The van der Waals surface area contributed by atoms with Gasteiger partial charge in [0.1, 0.15) is 18.7 Å². The molecule has 1 aliphatic rings. The molecule has 1 aliphatic heterocycles. The number of rotatable bonds is 8. The molecule has 3 rings (SSSR count). The van der Waals surface area contributed by atoms with Gasteiger partial charge in [-0.3, -0.25) is 4.79 Å². The predicted octanol–water partition coefficient (Wildman–Crippen LogP) is 2.18. The first-order chi connectivity index (χ1) is 15.3. The Morgan fingerprint density at radius 1 is 1.00 bits per heavy atom. The van der Waals surface area contributed by atoms with Crippen LogP contribution in [0.4, 0.5) is 4.79 Å². The molecule has 168 valence electrons. The third-order valence-corrected chi connectivity index (χ3v) is 5.30. The Kier molecular flexibility index (Phi) is 7.43. The molecule has 2 atom stereocenters. The van der Waals surface area contributed by atoms with E-state index in [4.69, 9.17) is 4.74 Å². The summed E-state index contributed by atoms with van der Waals surface area (Å²) in [5.74, 6) is -2.92. The van der Waals surface area contributed by atoms with Gasteiger partial charge in [-0.15, -0.1) is 0 Å². The quantitative estimate of drug-likeness (QED) is 0.573. The summed E-state index contributed by atoms with van der Waals surface area (Å²) < 4.78 is 5.03. The number of amides is 2. The van der Waals surface area contributed by atoms with Gasteiger partial charge in [-0.05, 0) is 23.1 Å². The number of carboxylic acids is 2. The monoisotopic (exact) mass is 440 g/mol. The van der Waals surface area contributed by atoms with Gasteiger partial charge in [0.05, 0.1) is 0 Å². The summed E-state index contributed by atoms with van der Waals surface area (Å²) in [6.07, 6.45) is -1.16. The number of alkyl carbamates (subject to hydrolysis) is 1. The first-order valence-corrected chi connectivity index (χ1v) is 10.1. The Morgan fingerprint density at radius 2 is 1.66 bits per heavy atom. The second kappa shape index (κ2) is 10.4. The molecular weight excluding hydrogens is 416 g/mol. The molecule has 0 aromatic heterocycles. The van der Waals surface area contributed by atoms with Crippen LogP contribution in [0.1, 0.15) is 29.5 Å². The van der Waals surface area contributed by atoms with Crippen LogP contribution < -0.4 is 5.32 Å². The lowest BCUT2D eigenvalue weighted by atomic mass is 9.93. The standard InChI is InChI=1S/C23H24N2O7/c26-20(25-13-17-9-5-4-8-16(17)12-19(25)22(29)30)11-10-18(21(27)28)24-23(31)32-14-15-6-2-1-3-7-15/h1-9,18-19H,10-14H2,(H,24,31)(H,27,28)(H,29,30)/t18-,19+/m1/s1. The van der Waals surface area contributed by atoms with E-state index >= 15 is 0 Å². The van der Waals surface area contributed by atoms with Gasteiger partial charge >= 0.3 is 18.0 Å². The first kappa shape index (κ1) is 22.8. The molecule has 0 spiro atoms. The SMILES string of the molecule is O=C(N[C@H](CCC(=O)N1Cc2ccccc2C[C@H]1C(=O)O)C(=O)O)OCc1ccccc1. The number of carboxylic acid groups (broad SMARTS) is 2. The average Bonchev–Trinajstić information content (AvgIpc) is 2.79. The summed E-state index contributed by atoms with van der Waals surface area (Å²) in [6, 6.07) is 13.8. The second-order valence-electron chi connectivity index (χ2n) is 7.48. The molecule has 32 heavy (non-hydrogen) atoms. The van der Waals surface area contributed by atoms with Gasteiger partial charge in [0, 0.05) is 19.4 Å². The van der Waals surface area contributed by atoms with Crippen molar-refractivity contribution in [2.75, 3.05) is 0 Å². The summed E-state index contributed by atoms with van der Waals surface area (Å²) in [5.41, 5.74) is 2.47. The highest BCUT2D eigenvalue weighted by atomic mass is 16.5. The lowest BCUT2D eigenvalue weighted by molar-refractivity contribution is -0.151. The van der Waals surface area contributed by atoms with E-state index in [0.29, 0.717) is 0 Å². The fourth-order valence-electron chi connectivity index (χ4n) is 3.58. The summed E-state index contributed by atoms with van der Waals surface area (Å²) in [6.45, 7) is 0.113. The molecular formula is C23H24N2O7. The van der Waals surface area contributed by atoms with Gasteiger partial charge in [-0.25, -0.2) is 14.4 Å². The summed E-state index contributed by atoms with van der Waals surface area (Å²) >= 11 is 0. The van der Waals surface area contributed by atoms with E-state index in [0.717, 1.165) is 16.7 Å². The van der Waals surface area contributed by atoms with Crippen molar-refractivity contribution in [3.63, 3.8) is 0 Å². The third kappa shape index (κ3) is 5.84. The average molecular weight is 440 g/mol. The maximum atomic E-state index is 12.8. The van der Waals surface area contributed by atoms with E-state index in [1.807, 2.05) is 30.3 Å². The van der Waals surface area contributed by atoms with E-state index in [2.05, 4.69) is 5.32 Å². The molecule has 9 heteroatoms. The van der Waals surface area contributed by atoms with Gasteiger partial charge in [0.25, 0.3) is 0 Å². The van der Waals surface area contributed by atoms with Gasteiger partial charge < -0.3 is 25.2 Å². The molecule has 2 aromatic rings. The van der Waals surface area contributed by atoms with Gasteiger partial charge in [0.15, 0.2) is 0 Å². The number of ether oxygens (including phenoxy) is 1. The van der Waals surface area contributed by atoms with Crippen molar-refractivity contribution < 1.29 is 34.1 Å². The largest absolute Gasteiger partial charge is 0.480 e. The minimum atomic E-state index is -1.34. The van der Waals surface area contributed by atoms with E-state index in [-0.39, 0.29) is 32.4 Å². The highest BCUT2D eigenvalue weighted by Gasteiger charge is 2.35. The van der Waals surface area contributed by atoms with Crippen LogP contribution in [0.5, 0.6) is 0 Å². The van der Waals surface area contributed by atoms with Crippen LogP contribution in [-0.4, -0.2) is 51.1 Å². The van der Waals surface area contributed by atoms with Crippen molar-refractivity contribution in [3.05, 3.63) is 71.3 Å². The van der Waals surface area contributed by atoms with Crippen LogP contribution in [0, 0.1) is 0 Å². The fourth-order valence-corrected chi connectivity index (χ4v) is 3.58. The van der Waals surface area contributed by atoms with Crippen molar-refractivity contribution in [2.45, 2.75) is 44.5 Å². The Morgan fingerprint density at radius 3 is 2.31 bits per heavy atom. The summed E-state index contributed by atoms with van der Waals surface area (Å²) in [5, 5.41) is 21.2. The summed E-state index contributed by atoms with van der Waals surface area (Å²) in [7, 11) is 0. The highest BCUT2D eigenvalue weighted by Crippen LogP contribution is 2.24. The number of carbonyl (C=O) groups is 4. The Balaban J connectivity index is 1.57. The molecule has 0 aliphatic carbocycles. The number of aliphatic carboxylic acids is 2. The maximum absolute atomic E-state index is 12.8. The minimum Gasteiger partial charge on any atom is -0.480 e. The van der Waals surface area contributed by atoms with E-state index < -0.39 is 36.0 Å². The molecule has 0 radical (unpaired) electrons. The molecule has 0 saturated carbocycles. The zero-order valence-electron chi connectivity index (χ0n) is 17.3. The Bertz CT molecular complexity index is 993. The Hall–Kier alpha value is -3.88. The molecule has 2 amide bonds. The van der Waals surface area contributed by atoms with Crippen LogP contribution in [0.3, 0.4) is 0 Å². The van der Waals surface area contributed by atoms with Crippen LogP contribution in [0.15, 0.2) is 54.6 Å². The van der Waals surface area contributed by atoms with Crippen LogP contribution in [-0.2, 0) is 38.7 Å². The highest BCUT2D eigenvalue weighted by molar-refractivity contribution is 5.85. The van der Waals surface area contributed by atoms with Gasteiger partial charge in [0.2, 0.25) is 5.91 Å². The second-order valence-corrected chi connectivity index (χ2v) is 7.48. The minimum absolute atomic E-state index is 0.0224. The number of hydrogen-bond donors (Lipinski definition) is 3. The van der Waals surface area contributed by atoms with Crippen molar-refractivity contribution in [3.8, 4) is 0 Å². The number of benzene rings is 2. The lowest BCUT2D eigenvalue weighted by Gasteiger charge is -2.34. The van der Waals surface area contributed by atoms with Crippen LogP contribution in [0.25, 0.3) is 0 Å². The zero-order valence-corrected chi connectivity index (χ0v) is 17.3. The smallest absolute Gasteiger partial charge is 0.408 e. The lowest BCUT2D eigenvalue weighted by Crippen LogP contribution is -2.49. The normalized spacial score (nSPS) is 15.9. The molecule has 9 nitrogen and oxygen atoms in total. The molecule has 0 fully saturated rings.